The van der Waals surface area contributed by atoms with Crippen molar-refractivity contribution in [2.24, 2.45) is 5.92 Å². The molecule has 0 aliphatic carbocycles. The monoisotopic (exact) mass is 452 g/mol. The predicted octanol–water partition coefficient (Wildman–Crippen LogP) is 4.44. The summed E-state index contributed by atoms with van der Waals surface area (Å²) in [6.45, 7) is 11.8. The molecule has 4 atom stereocenters. The number of fused-ring (bicyclic) bond motifs is 4. The quantitative estimate of drug-likeness (QED) is 0.343. The zero-order valence-electron chi connectivity index (χ0n) is 19.4. The summed E-state index contributed by atoms with van der Waals surface area (Å²) in [6, 6.07) is 4.89. The Balaban J connectivity index is 1.83. The number of phenolic OH excluding ortho intramolecular Hbond substituents is 1. The SMILES string of the molecule is C=C(C)[C@H]1COc2c(C)cc3oc4c([C@H](OC)[C@@H]5OC5(C)C)ccc(O)c4c(=O)c3c2[C@@H]1O. The van der Waals surface area contributed by atoms with Crippen LogP contribution < -0.4 is 10.2 Å². The van der Waals surface area contributed by atoms with Crippen LogP contribution in [-0.2, 0) is 9.47 Å². The van der Waals surface area contributed by atoms with Crippen molar-refractivity contribution in [3.8, 4) is 11.5 Å². The van der Waals surface area contributed by atoms with Crippen molar-refractivity contribution < 1.29 is 28.8 Å². The number of methoxy groups -OCH3 is 1. The fraction of sp³-hybridized carbons (Fsp3) is 0.423. The molecule has 1 saturated heterocycles. The fourth-order valence-electron chi connectivity index (χ4n) is 4.97. The Labute approximate surface area is 191 Å². The highest BCUT2D eigenvalue weighted by Gasteiger charge is 2.54. The molecule has 7 nitrogen and oxygen atoms in total. The van der Waals surface area contributed by atoms with Gasteiger partial charge in [0.25, 0.3) is 0 Å². The number of epoxide rings is 1. The van der Waals surface area contributed by atoms with Gasteiger partial charge in [-0.15, -0.1) is 0 Å². The maximum absolute atomic E-state index is 13.8. The minimum absolute atomic E-state index is 0.0382. The molecule has 2 N–H and O–H groups in total. The number of ether oxygens (including phenoxy) is 3. The number of aryl methyl sites for hydroxylation is 1. The Morgan fingerprint density at radius 2 is 2.00 bits per heavy atom. The maximum Gasteiger partial charge on any atom is 0.204 e. The van der Waals surface area contributed by atoms with Crippen molar-refractivity contribution in [1.82, 2.24) is 0 Å². The number of aliphatic hydroxyl groups excluding tert-OH is 1. The van der Waals surface area contributed by atoms with Crippen molar-refractivity contribution in [3.63, 3.8) is 0 Å². The van der Waals surface area contributed by atoms with E-state index in [9.17, 15) is 15.0 Å². The number of hydrogen-bond acceptors (Lipinski definition) is 7. The van der Waals surface area contributed by atoms with Gasteiger partial charge in [0.2, 0.25) is 5.43 Å². The zero-order valence-corrected chi connectivity index (χ0v) is 19.4. The number of aromatic hydroxyl groups is 1. The Bertz CT molecular complexity index is 1370. The molecule has 0 bridgehead atoms. The second-order valence-corrected chi connectivity index (χ2v) is 9.63. The van der Waals surface area contributed by atoms with E-state index >= 15 is 0 Å². The molecule has 7 heteroatoms. The lowest BCUT2D eigenvalue weighted by Gasteiger charge is -2.32. The Morgan fingerprint density at radius 3 is 2.61 bits per heavy atom. The molecule has 0 spiro atoms. The van der Waals surface area contributed by atoms with Crippen molar-refractivity contribution in [2.45, 2.75) is 51.6 Å². The molecule has 3 heterocycles. The van der Waals surface area contributed by atoms with Crippen LogP contribution in [0.25, 0.3) is 21.9 Å². The summed E-state index contributed by atoms with van der Waals surface area (Å²) in [7, 11) is 1.58. The largest absolute Gasteiger partial charge is 0.507 e. The molecule has 2 aliphatic rings. The van der Waals surface area contributed by atoms with E-state index in [-0.39, 0.29) is 46.3 Å². The second kappa shape index (κ2) is 7.32. The minimum atomic E-state index is -0.980. The van der Waals surface area contributed by atoms with Crippen LogP contribution in [-0.4, -0.2) is 35.6 Å². The van der Waals surface area contributed by atoms with Gasteiger partial charge in [-0.3, -0.25) is 4.79 Å². The van der Waals surface area contributed by atoms with Crippen LogP contribution in [0.3, 0.4) is 0 Å². The lowest BCUT2D eigenvalue weighted by Crippen LogP contribution is -2.28. The van der Waals surface area contributed by atoms with Gasteiger partial charge in [0.15, 0.2) is 0 Å². The molecule has 5 rings (SSSR count). The summed E-state index contributed by atoms with van der Waals surface area (Å²) in [5.74, 6) is -0.0884. The van der Waals surface area contributed by atoms with Crippen molar-refractivity contribution in [3.05, 3.63) is 57.3 Å². The summed E-state index contributed by atoms with van der Waals surface area (Å²) in [5, 5.41) is 22.1. The highest BCUT2D eigenvalue weighted by Crippen LogP contribution is 2.48. The minimum Gasteiger partial charge on any atom is -0.507 e. The smallest absolute Gasteiger partial charge is 0.204 e. The summed E-state index contributed by atoms with van der Waals surface area (Å²) < 4.78 is 23.7. The fourth-order valence-corrected chi connectivity index (χ4v) is 4.97. The van der Waals surface area contributed by atoms with Gasteiger partial charge in [-0.1, -0.05) is 12.2 Å². The van der Waals surface area contributed by atoms with Gasteiger partial charge in [0.05, 0.1) is 23.7 Å². The Morgan fingerprint density at radius 1 is 1.30 bits per heavy atom. The molecule has 33 heavy (non-hydrogen) atoms. The van der Waals surface area contributed by atoms with Crippen LogP contribution in [0.5, 0.6) is 11.5 Å². The lowest BCUT2D eigenvalue weighted by atomic mass is 9.85. The third kappa shape index (κ3) is 3.18. The van der Waals surface area contributed by atoms with Crippen LogP contribution >= 0.6 is 0 Å². The maximum atomic E-state index is 13.8. The number of rotatable bonds is 4. The van der Waals surface area contributed by atoms with E-state index in [4.69, 9.17) is 18.6 Å². The highest BCUT2D eigenvalue weighted by atomic mass is 16.6. The molecule has 0 saturated carbocycles. The molecule has 2 aromatic carbocycles. The van der Waals surface area contributed by atoms with Gasteiger partial charge < -0.3 is 28.8 Å². The normalized spacial score (nSPS) is 24.4. The van der Waals surface area contributed by atoms with Gasteiger partial charge in [-0.2, -0.15) is 0 Å². The second-order valence-electron chi connectivity index (χ2n) is 9.63. The zero-order chi connectivity index (χ0) is 23.8. The van der Waals surface area contributed by atoms with Crippen molar-refractivity contribution in [2.75, 3.05) is 13.7 Å². The van der Waals surface area contributed by atoms with Gasteiger partial charge in [-0.25, -0.2) is 0 Å². The molecule has 3 aromatic rings. The molecular formula is C26H28O7. The van der Waals surface area contributed by atoms with E-state index < -0.39 is 17.6 Å². The average Bonchev–Trinajstić information content (AvgIpc) is 3.37. The predicted molar refractivity (Wildman–Crippen MR) is 124 cm³/mol. The number of phenols is 1. The van der Waals surface area contributed by atoms with E-state index in [0.29, 0.717) is 22.5 Å². The van der Waals surface area contributed by atoms with E-state index in [1.54, 1.807) is 19.2 Å². The highest BCUT2D eigenvalue weighted by molar-refractivity contribution is 5.97. The first-order valence-corrected chi connectivity index (χ1v) is 11.0. The third-order valence-electron chi connectivity index (χ3n) is 6.91. The molecule has 0 unspecified atom stereocenters. The lowest BCUT2D eigenvalue weighted by molar-refractivity contribution is 0.0701. The topological polar surface area (TPSA) is 102 Å². The number of benzene rings is 2. The van der Waals surface area contributed by atoms with Crippen LogP contribution in [0.4, 0.5) is 0 Å². The molecule has 2 aliphatic heterocycles. The van der Waals surface area contributed by atoms with Gasteiger partial charge in [0.1, 0.15) is 40.3 Å². The Hall–Kier alpha value is -2.87. The standard InChI is InChI=1S/C26H28O7/c1-11(2)14-10-31-22-12(3)9-16-18(19(22)20(14)28)21(29)17-15(27)8-7-13(23(17)32-16)24(30-6)25-26(4,5)33-25/h7-9,14,20,24-25,27-28H,1,10H2,2-6H3/t14-,20-,24+,25+/m1/s1. The molecule has 1 aromatic heterocycles. The van der Waals surface area contributed by atoms with E-state index in [1.165, 1.54) is 6.07 Å². The first-order valence-electron chi connectivity index (χ1n) is 11.0. The third-order valence-corrected chi connectivity index (χ3v) is 6.91. The first kappa shape index (κ1) is 21.9. The van der Waals surface area contributed by atoms with Gasteiger partial charge in [-0.05, 0) is 51.5 Å². The summed E-state index contributed by atoms with van der Waals surface area (Å²) >= 11 is 0. The van der Waals surface area contributed by atoms with Crippen molar-refractivity contribution >= 4 is 21.9 Å². The summed E-state index contributed by atoms with van der Waals surface area (Å²) in [4.78, 5) is 13.8. The van der Waals surface area contributed by atoms with Crippen LogP contribution in [0.15, 0.2) is 39.6 Å². The van der Waals surface area contributed by atoms with Crippen LogP contribution in [0.2, 0.25) is 0 Å². The number of hydrogen-bond donors (Lipinski definition) is 2. The number of aliphatic hydroxyl groups is 1. The van der Waals surface area contributed by atoms with E-state index in [2.05, 4.69) is 6.58 Å². The molecule has 1 fully saturated rings. The van der Waals surface area contributed by atoms with Gasteiger partial charge >= 0.3 is 0 Å². The molecule has 0 radical (unpaired) electrons. The summed E-state index contributed by atoms with van der Waals surface area (Å²) in [5.41, 5.74) is 2.25. The van der Waals surface area contributed by atoms with Gasteiger partial charge in [0, 0.05) is 24.2 Å². The Kier molecular flexibility index (Phi) is 4.87. The first-order chi connectivity index (χ1) is 15.6. The van der Waals surface area contributed by atoms with E-state index in [1.807, 2.05) is 27.7 Å². The van der Waals surface area contributed by atoms with Crippen molar-refractivity contribution in [1.29, 1.82) is 0 Å². The van der Waals surface area contributed by atoms with Crippen LogP contribution in [0, 0.1) is 12.8 Å². The molecular weight excluding hydrogens is 424 g/mol. The average molecular weight is 453 g/mol. The van der Waals surface area contributed by atoms with E-state index in [0.717, 1.165) is 11.1 Å². The molecule has 174 valence electrons. The molecule has 0 amide bonds. The van der Waals surface area contributed by atoms with Crippen LogP contribution in [0.1, 0.15) is 49.7 Å². The summed E-state index contributed by atoms with van der Waals surface area (Å²) in [6.07, 6.45) is -1.68.